The van der Waals surface area contributed by atoms with Crippen molar-refractivity contribution in [2.45, 2.75) is 31.3 Å². The fourth-order valence-corrected chi connectivity index (χ4v) is 2.09. The van der Waals surface area contributed by atoms with Gasteiger partial charge in [-0.3, -0.25) is 4.90 Å². The molecule has 5 heteroatoms. The zero-order valence-corrected chi connectivity index (χ0v) is 9.99. The number of hydrogen-bond acceptors (Lipinski definition) is 3. The topological polar surface area (TPSA) is 38.5 Å². The highest BCUT2D eigenvalue weighted by molar-refractivity contribution is 5.85. The number of piperidine rings is 1. The van der Waals surface area contributed by atoms with E-state index in [0.29, 0.717) is 12.1 Å². The quantitative estimate of drug-likeness (QED) is 0.748. The molecule has 0 saturated carbocycles. The number of rotatable bonds is 1. The van der Waals surface area contributed by atoms with Gasteiger partial charge in [-0.2, -0.15) is 0 Å². The van der Waals surface area contributed by atoms with Gasteiger partial charge in [-0.15, -0.1) is 24.8 Å². The third-order valence-corrected chi connectivity index (χ3v) is 3.00. The van der Waals surface area contributed by atoms with Crippen molar-refractivity contribution in [3.05, 3.63) is 0 Å². The summed E-state index contributed by atoms with van der Waals surface area (Å²) in [6, 6.07) is 1.14. The lowest BCUT2D eigenvalue weighted by molar-refractivity contribution is 0.122. The monoisotopic (exact) mass is 242 g/mol. The Hall–Kier alpha value is 0.460. The zero-order valence-electron chi connectivity index (χ0n) is 8.35. The smallest absolute Gasteiger partial charge is 0.0622 e. The molecular formula is C9H20Cl2N2O. The molecule has 0 aromatic heterocycles. The van der Waals surface area contributed by atoms with E-state index in [9.17, 15) is 0 Å². The number of ether oxygens (including phenoxy) is 1. The fourth-order valence-electron chi connectivity index (χ4n) is 2.09. The van der Waals surface area contributed by atoms with Gasteiger partial charge in [0.1, 0.15) is 0 Å². The maximum atomic E-state index is 5.84. The molecule has 2 N–H and O–H groups in total. The molecule has 3 nitrogen and oxygen atoms in total. The van der Waals surface area contributed by atoms with Gasteiger partial charge in [-0.25, -0.2) is 0 Å². The second-order valence-corrected chi connectivity index (χ2v) is 3.89. The van der Waals surface area contributed by atoms with E-state index >= 15 is 0 Å². The Bertz CT molecular complexity index is 146. The van der Waals surface area contributed by atoms with Crippen LogP contribution in [0.25, 0.3) is 0 Å². The second kappa shape index (κ2) is 6.85. The van der Waals surface area contributed by atoms with Crippen LogP contribution in [0.4, 0.5) is 0 Å². The molecule has 0 aromatic rings. The molecule has 14 heavy (non-hydrogen) atoms. The molecule has 1 unspecified atom stereocenters. The molecule has 2 rings (SSSR count). The lowest BCUT2D eigenvalue weighted by Gasteiger charge is -2.33. The molecule has 0 aromatic carbocycles. The Labute approximate surface area is 98.2 Å². The van der Waals surface area contributed by atoms with E-state index in [4.69, 9.17) is 10.5 Å². The Morgan fingerprint density at radius 3 is 2.21 bits per heavy atom. The molecule has 2 saturated heterocycles. The molecule has 1 atom stereocenters. The molecule has 0 radical (unpaired) electrons. The van der Waals surface area contributed by atoms with Gasteiger partial charge in [0.2, 0.25) is 0 Å². The standard InChI is InChI=1S/C9H18N2O.2ClH/c10-8-1-4-11(5-2-8)9-3-6-12-7-9;;/h8-9H,1-7,10H2;2*1H. The van der Waals surface area contributed by atoms with Crippen molar-refractivity contribution in [2.75, 3.05) is 26.3 Å². The van der Waals surface area contributed by atoms with Crippen LogP contribution in [0.1, 0.15) is 19.3 Å². The van der Waals surface area contributed by atoms with E-state index in [1.165, 1.54) is 19.5 Å². The molecule has 0 spiro atoms. The molecule has 2 fully saturated rings. The summed E-state index contributed by atoms with van der Waals surface area (Å²) in [5.74, 6) is 0. The van der Waals surface area contributed by atoms with Crippen LogP contribution in [0.5, 0.6) is 0 Å². The van der Waals surface area contributed by atoms with Crippen LogP contribution in [-0.4, -0.2) is 43.3 Å². The highest BCUT2D eigenvalue weighted by Crippen LogP contribution is 2.17. The van der Waals surface area contributed by atoms with E-state index < -0.39 is 0 Å². The predicted octanol–water partition coefficient (Wildman–Crippen LogP) is 1.04. The van der Waals surface area contributed by atoms with Gasteiger partial charge in [-0.05, 0) is 32.4 Å². The summed E-state index contributed by atoms with van der Waals surface area (Å²) in [6.07, 6.45) is 3.54. The van der Waals surface area contributed by atoms with E-state index in [2.05, 4.69) is 4.90 Å². The first-order valence-electron chi connectivity index (χ1n) is 4.93. The maximum Gasteiger partial charge on any atom is 0.0622 e. The summed E-state index contributed by atoms with van der Waals surface area (Å²) in [5.41, 5.74) is 5.84. The van der Waals surface area contributed by atoms with Crippen molar-refractivity contribution in [1.82, 2.24) is 4.90 Å². The van der Waals surface area contributed by atoms with E-state index in [1.807, 2.05) is 0 Å². The van der Waals surface area contributed by atoms with Gasteiger partial charge in [0.05, 0.1) is 6.61 Å². The van der Waals surface area contributed by atoms with Gasteiger partial charge in [0.15, 0.2) is 0 Å². The normalized spacial score (nSPS) is 29.4. The molecular weight excluding hydrogens is 223 g/mol. The second-order valence-electron chi connectivity index (χ2n) is 3.89. The third kappa shape index (κ3) is 3.55. The van der Waals surface area contributed by atoms with Crippen LogP contribution in [0.3, 0.4) is 0 Å². The molecule has 0 amide bonds. The summed E-state index contributed by atoms with van der Waals surface area (Å²) < 4.78 is 5.36. The number of halogens is 2. The van der Waals surface area contributed by atoms with Crippen molar-refractivity contribution in [3.8, 4) is 0 Å². The van der Waals surface area contributed by atoms with Crippen LogP contribution in [-0.2, 0) is 4.74 Å². The van der Waals surface area contributed by atoms with Gasteiger partial charge in [-0.1, -0.05) is 0 Å². The minimum absolute atomic E-state index is 0. The number of nitrogens with zero attached hydrogens (tertiary/aromatic N) is 1. The highest BCUT2D eigenvalue weighted by Gasteiger charge is 2.26. The Morgan fingerprint density at radius 1 is 1.07 bits per heavy atom. The highest BCUT2D eigenvalue weighted by atomic mass is 35.5. The Balaban J connectivity index is 0.000000845. The first-order chi connectivity index (χ1) is 5.86. The largest absolute Gasteiger partial charge is 0.380 e. The number of hydrogen-bond donors (Lipinski definition) is 1. The molecule has 2 heterocycles. The van der Waals surface area contributed by atoms with E-state index in [0.717, 1.165) is 26.1 Å². The third-order valence-electron chi connectivity index (χ3n) is 3.00. The van der Waals surface area contributed by atoms with Crippen LogP contribution < -0.4 is 5.73 Å². The summed E-state index contributed by atoms with van der Waals surface area (Å²) in [6.45, 7) is 4.24. The molecule has 86 valence electrons. The number of likely N-dealkylation sites (tertiary alicyclic amines) is 1. The van der Waals surface area contributed by atoms with Crippen molar-refractivity contribution in [3.63, 3.8) is 0 Å². The molecule has 0 bridgehead atoms. The molecule has 2 aliphatic heterocycles. The average Bonchev–Trinajstić information content (AvgIpc) is 2.58. The van der Waals surface area contributed by atoms with Gasteiger partial charge in [0.25, 0.3) is 0 Å². The van der Waals surface area contributed by atoms with Crippen molar-refractivity contribution >= 4 is 24.8 Å². The van der Waals surface area contributed by atoms with Crippen LogP contribution in [0.15, 0.2) is 0 Å². The van der Waals surface area contributed by atoms with Gasteiger partial charge in [0, 0.05) is 18.7 Å². The van der Waals surface area contributed by atoms with Crippen molar-refractivity contribution < 1.29 is 4.74 Å². The summed E-state index contributed by atoms with van der Waals surface area (Å²) >= 11 is 0. The lowest BCUT2D eigenvalue weighted by Crippen LogP contribution is -2.45. The van der Waals surface area contributed by atoms with E-state index in [1.54, 1.807) is 0 Å². The Morgan fingerprint density at radius 2 is 1.71 bits per heavy atom. The molecule has 0 aliphatic carbocycles. The van der Waals surface area contributed by atoms with Crippen LogP contribution in [0.2, 0.25) is 0 Å². The molecule has 2 aliphatic rings. The zero-order chi connectivity index (χ0) is 8.39. The average molecular weight is 243 g/mol. The number of nitrogens with two attached hydrogens (primary N) is 1. The minimum Gasteiger partial charge on any atom is -0.380 e. The van der Waals surface area contributed by atoms with Crippen molar-refractivity contribution in [2.24, 2.45) is 5.73 Å². The maximum absolute atomic E-state index is 5.84. The first-order valence-corrected chi connectivity index (χ1v) is 4.93. The minimum atomic E-state index is 0. The SMILES string of the molecule is Cl.Cl.NC1CCN(C2CCOC2)CC1. The fraction of sp³-hybridized carbons (Fsp3) is 1.00. The predicted molar refractivity (Wildman–Crippen MR) is 62.5 cm³/mol. The summed E-state index contributed by atoms with van der Waals surface area (Å²) in [7, 11) is 0. The summed E-state index contributed by atoms with van der Waals surface area (Å²) in [5, 5.41) is 0. The van der Waals surface area contributed by atoms with E-state index in [-0.39, 0.29) is 24.8 Å². The van der Waals surface area contributed by atoms with Gasteiger partial charge >= 0.3 is 0 Å². The van der Waals surface area contributed by atoms with Crippen molar-refractivity contribution in [1.29, 1.82) is 0 Å². The van der Waals surface area contributed by atoms with Crippen LogP contribution >= 0.6 is 24.8 Å². The van der Waals surface area contributed by atoms with Crippen LogP contribution in [0, 0.1) is 0 Å². The Kier molecular flexibility index (Phi) is 7.08. The first kappa shape index (κ1) is 14.5. The lowest BCUT2D eigenvalue weighted by atomic mass is 10.0. The van der Waals surface area contributed by atoms with Gasteiger partial charge < -0.3 is 10.5 Å². The summed E-state index contributed by atoms with van der Waals surface area (Å²) in [4.78, 5) is 2.54.